The number of aliphatic hydroxyl groups excluding tert-OH is 1. The number of aliphatic hydroxyl groups is 1. The third kappa shape index (κ3) is 113. The summed E-state index contributed by atoms with van der Waals surface area (Å²) in [4.78, 5) is 9.34. The summed E-state index contributed by atoms with van der Waals surface area (Å²) in [5, 5.41) is 17.3. The SMILES string of the molecule is CC(O)C(=O)[O-].O.O.O.O=S(=O)([O-])O.[Ca+2]. The Morgan fingerprint density at radius 3 is 1.33 bits per heavy atom. The predicted octanol–water partition coefficient (Wildman–Crippen LogP) is -5.73. The van der Waals surface area contributed by atoms with Crippen molar-refractivity contribution in [3.05, 3.63) is 0 Å². The molecule has 1 unspecified atom stereocenters. The fourth-order valence-corrected chi connectivity index (χ4v) is 0. The average Bonchev–Trinajstić information content (AvgIpc) is 1.59. The van der Waals surface area contributed by atoms with Gasteiger partial charge in [0.25, 0.3) is 0 Å². The molecule has 0 bridgehead atoms. The number of carboxylic acids is 1. The molecule has 0 heterocycles. The van der Waals surface area contributed by atoms with Crippen LogP contribution >= 0.6 is 0 Å². The topological polar surface area (TPSA) is 232 Å². The van der Waals surface area contributed by atoms with Crippen molar-refractivity contribution < 1.29 is 49.0 Å². The van der Waals surface area contributed by atoms with Gasteiger partial charge in [0.1, 0.15) is 0 Å². The summed E-state index contributed by atoms with van der Waals surface area (Å²) < 4.78 is 32.8. The number of hydrogen-bond acceptors (Lipinski definition) is 6. The molecule has 0 spiro atoms. The van der Waals surface area contributed by atoms with E-state index in [0.29, 0.717) is 0 Å². The summed E-state index contributed by atoms with van der Waals surface area (Å²) in [5.74, 6) is -1.44. The first-order valence-electron chi connectivity index (χ1n) is 2.22. The van der Waals surface area contributed by atoms with Crippen molar-refractivity contribution in [3.63, 3.8) is 0 Å². The van der Waals surface area contributed by atoms with Gasteiger partial charge in [-0.15, -0.1) is 0 Å². The summed E-state index contributed by atoms with van der Waals surface area (Å²) in [6, 6.07) is 0. The second-order valence-electron chi connectivity index (χ2n) is 1.42. The fraction of sp³-hybridized carbons (Fsp3) is 0.667. The molecule has 0 saturated heterocycles. The number of aliphatic carboxylic acids is 1. The molecular formula is C3H12CaO10S. The van der Waals surface area contributed by atoms with Crippen molar-refractivity contribution in [1.29, 1.82) is 0 Å². The first-order valence-corrected chi connectivity index (χ1v) is 3.58. The molecule has 0 amide bonds. The van der Waals surface area contributed by atoms with Crippen LogP contribution in [0, 0.1) is 0 Å². The maximum Gasteiger partial charge on any atom is 2.00 e. The second-order valence-corrected chi connectivity index (χ2v) is 2.28. The Balaban J connectivity index is -0.0000000215. The number of carbonyl (C=O) groups excluding carboxylic acids is 1. The minimum atomic E-state index is -4.92. The molecule has 0 aliphatic heterocycles. The van der Waals surface area contributed by atoms with E-state index in [1.807, 2.05) is 0 Å². The molecule has 10 nitrogen and oxygen atoms in total. The fourth-order valence-electron chi connectivity index (χ4n) is 0. The Kier molecular flexibility index (Phi) is 40.6. The molecule has 0 saturated carbocycles. The van der Waals surface area contributed by atoms with Gasteiger partial charge in [0.15, 0.2) is 0 Å². The van der Waals surface area contributed by atoms with Crippen LogP contribution in [0.15, 0.2) is 0 Å². The van der Waals surface area contributed by atoms with E-state index in [-0.39, 0.29) is 54.2 Å². The molecule has 1 atom stereocenters. The summed E-state index contributed by atoms with van der Waals surface area (Å²) in [6.45, 7) is 1.13. The Morgan fingerprint density at radius 2 is 1.33 bits per heavy atom. The van der Waals surface area contributed by atoms with Gasteiger partial charge in [-0.25, -0.2) is 8.42 Å². The third-order valence-corrected chi connectivity index (χ3v) is 0.341. The molecule has 8 N–H and O–H groups in total. The van der Waals surface area contributed by atoms with Crippen molar-refractivity contribution in [1.82, 2.24) is 0 Å². The van der Waals surface area contributed by atoms with E-state index < -0.39 is 22.5 Å². The van der Waals surface area contributed by atoms with Gasteiger partial charge in [-0.1, -0.05) is 0 Å². The van der Waals surface area contributed by atoms with E-state index in [4.69, 9.17) is 22.6 Å². The summed E-state index contributed by atoms with van der Waals surface area (Å²) in [5.41, 5.74) is 0. The van der Waals surface area contributed by atoms with Crippen LogP contribution in [0.4, 0.5) is 0 Å². The Morgan fingerprint density at radius 1 is 1.27 bits per heavy atom. The molecular weight excluding hydrogens is 268 g/mol. The average molecular weight is 280 g/mol. The normalized spacial score (nSPS) is 9.33. The van der Waals surface area contributed by atoms with Crippen LogP contribution in [0.3, 0.4) is 0 Å². The molecule has 0 aromatic heterocycles. The molecule has 0 rings (SSSR count). The van der Waals surface area contributed by atoms with Crippen molar-refractivity contribution in [2.75, 3.05) is 0 Å². The van der Waals surface area contributed by atoms with Crippen molar-refractivity contribution in [3.8, 4) is 0 Å². The van der Waals surface area contributed by atoms with Crippen molar-refractivity contribution in [2.24, 2.45) is 0 Å². The predicted molar refractivity (Wildman–Crippen MR) is 45.6 cm³/mol. The van der Waals surface area contributed by atoms with E-state index >= 15 is 0 Å². The van der Waals surface area contributed by atoms with Crippen LogP contribution in [0.2, 0.25) is 0 Å². The second kappa shape index (κ2) is 16.9. The van der Waals surface area contributed by atoms with Gasteiger partial charge < -0.3 is 36.0 Å². The quantitative estimate of drug-likeness (QED) is 0.268. The van der Waals surface area contributed by atoms with Gasteiger partial charge in [-0.3, -0.25) is 4.55 Å². The number of carboxylic acid groups (broad SMARTS) is 1. The minimum Gasteiger partial charge on any atom is -0.726 e. The zero-order valence-corrected chi connectivity index (χ0v) is 10.7. The standard InChI is InChI=1S/C3H6O3.Ca.H2O4S.3H2O/c1-2(4)3(5)6;;1-5(2,3)4;;;/h2,4H,1H3,(H,5,6);;(H2,1,2,3,4);3*1H2/q;+2;;;;/p-2. The van der Waals surface area contributed by atoms with Crippen LogP contribution < -0.4 is 5.11 Å². The van der Waals surface area contributed by atoms with Crippen LogP contribution in [0.1, 0.15) is 6.92 Å². The summed E-state index contributed by atoms with van der Waals surface area (Å²) in [6.07, 6.45) is -1.34. The largest absolute Gasteiger partial charge is 2.00 e. The molecule has 0 radical (unpaired) electrons. The van der Waals surface area contributed by atoms with E-state index in [1.165, 1.54) is 0 Å². The number of hydrogen-bond donors (Lipinski definition) is 2. The first kappa shape index (κ1) is 36.1. The Bertz CT molecular complexity index is 201. The van der Waals surface area contributed by atoms with Gasteiger partial charge >= 0.3 is 37.7 Å². The maximum absolute atomic E-state index is 9.34. The van der Waals surface area contributed by atoms with Crippen molar-refractivity contribution in [2.45, 2.75) is 13.0 Å². The molecule has 0 aromatic carbocycles. The van der Waals surface area contributed by atoms with Crippen LogP contribution in [0.5, 0.6) is 0 Å². The summed E-state index contributed by atoms with van der Waals surface area (Å²) in [7, 11) is -4.92. The summed E-state index contributed by atoms with van der Waals surface area (Å²) >= 11 is 0. The zero-order valence-electron chi connectivity index (χ0n) is 7.63. The minimum absolute atomic E-state index is 0. The first-order chi connectivity index (χ1) is 4.64. The van der Waals surface area contributed by atoms with Crippen molar-refractivity contribution >= 4 is 54.1 Å². The van der Waals surface area contributed by atoms with Crippen LogP contribution in [-0.2, 0) is 15.2 Å². The van der Waals surface area contributed by atoms with E-state index in [1.54, 1.807) is 0 Å². The third-order valence-electron chi connectivity index (χ3n) is 0.341. The van der Waals surface area contributed by atoms with Crippen LogP contribution in [0.25, 0.3) is 0 Å². The van der Waals surface area contributed by atoms with E-state index in [2.05, 4.69) is 0 Å². The molecule has 0 fully saturated rings. The molecule has 15 heavy (non-hydrogen) atoms. The van der Waals surface area contributed by atoms with E-state index in [9.17, 15) is 9.90 Å². The van der Waals surface area contributed by atoms with Gasteiger partial charge in [-0.05, 0) is 6.92 Å². The van der Waals surface area contributed by atoms with Gasteiger partial charge in [0.05, 0.1) is 12.1 Å². The molecule has 0 aromatic rings. The molecule has 92 valence electrons. The van der Waals surface area contributed by atoms with Gasteiger partial charge in [0, 0.05) is 0 Å². The van der Waals surface area contributed by atoms with Gasteiger partial charge in [0.2, 0.25) is 10.4 Å². The number of carbonyl (C=O) groups is 1. The van der Waals surface area contributed by atoms with Gasteiger partial charge in [-0.2, -0.15) is 0 Å². The van der Waals surface area contributed by atoms with E-state index in [0.717, 1.165) is 6.92 Å². The monoisotopic (exact) mass is 280 g/mol. The smallest absolute Gasteiger partial charge is 0.726 e. The number of rotatable bonds is 1. The molecule has 0 aliphatic rings. The van der Waals surface area contributed by atoms with Crippen LogP contribution in [-0.4, -0.2) is 88.9 Å². The Labute approximate surface area is 115 Å². The maximum atomic E-state index is 9.34. The Hall–Kier alpha value is 0.440. The molecule has 0 aliphatic carbocycles. The zero-order chi connectivity index (χ0) is 9.65. The molecule has 12 heteroatoms.